The Labute approximate surface area is 193 Å². The molecule has 0 spiro atoms. The number of H-pyrrole nitrogens is 1. The molecule has 174 valence electrons. The van der Waals surface area contributed by atoms with Gasteiger partial charge in [-0.15, -0.1) is 0 Å². The van der Waals surface area contributed by atoms with Crippen molar-refractivity contribution in [1.82, 2.24) is 9.88 Å². The van der Waals surface area contributed by atoms with Crippen molar-refractivity contribution in [2.24, 2.45) is 0 Å². The highest BCUT2D eigenvalue weighted by Crippen LogP contribution is 2.26. The highest BCUT2D eigenvalue weighted by Gasteiger charge is 2.31. The summed E-state index contributed by atoms with van der Waals surface area (Å²) in [5, 5.41) is 4.19. The summed E-state index contributed by atoms with van der Waals surface area (Å²) in [6.45, 7) is 8.27. The molecule has 0 bridgehead atoms. The molecule has 3 rings (SSSR count). The zero-order chi connectivity index (χ0) is 24.3. The second-order valence-electron chi connectivity index (χ2n) is 8.85. The Morgan fingerprint density at radius 2 is 1.67 bits per heavy atom. The zero-order valence-electron chi connectivity index (χ0n) is 19.7. The summed E-state index contributed by atoms with van der Waals surface area (Å²) >= 11 is 0. The Kier molecular flexibility index (Phi) is 6.92. The van der Waals surface area contributed by atoms with Gasteiger partial charge in [-0.2, -0.15) is 0 Å². The van der Waals surface area contributed by atoms with E-state index < -0.39 is 25.8 Å². The maximum Gasteiger partial charge on any atom is 0.417 e. The van der Waals surface area contributed by atoms with Crippen LogP contribution in [0.5, 0.6) is 5.75 Å². The first kappa shape index (κ1) is 24.1. The van der Waals surface area contributed by atoms with E-state index in [4.69, 9.17) is 9.15 Å². The molecule has 33 heavy (non-hydrogen) atoms. The predicted octanol–water partition coefficient (Wildman–Crippen LogP) is 3.28. The molecular formula is C24H29N3O5Si. The molecule has 2 amide bonds. The quantitative estimate of drug-likeness (QED) is 0.519. The molecule has 2 N–H and O–H groups in total. The molecule has 0 fully saturated rings. The van der Waals surface area contributed by atoms with E-state index in [-0.39, 0.29) is 17.4 Å². The van der Waals surface area contributed by atoms with Crippen LogP contribution in [0.1, 0.15) is 27.9 Å². The van der Waals surface area contributed by atoms with Gasteiger partial charge in [0, 0.05) is 12.7 Å². The average Bonchev–Trinajstić information content (AvgIpc) is 3.11. The van der Waals surface area contributed by atoms with Crippen LogP contribution in [0.25, 0.3) is 0 Å². The average molecular weight is 468 g/mol. The largest absolute Gasteiger partial charge is 0.497 e. The number of nitrogens with zero attached hydrogens (tertiary/aromatic N) is 1. The van der Waals surface area contributed by atoms with E-state index in [2.05, 4.69) is 29.9 Å². The third kappa shape index (κ3) is 5.43. The predicted molar refractivity (Wildman–Crippen MR) is 130 cm³/mol. The number of ether oxygens (including phenoxy) is 1. The monoisotopic (exact) mass is 467 g/mol. The first-order valence-corrected chi connectivity index (χ1v) is 14.0. The second kappa shape index (κ2) is 9.49. The first-order valence-electron chi connectivity index (χ1n) is 10.5. The topological polar surface area (TPSA) is 105 Å². The van der Waals surface area contributed by atoms with E-state index in [9.17, 15) is 14.4 Å². The van der Waals surface area contributed by atoms with E-state index in [1.54, 1.807) is 31.4 Å². The van der Waals surface area contributed by atoms with Crippen molar-refractivity contribution in [1.29, 1.82) is 0 Å². The molecule has 0 saturated carbocycles. The second-order valence-corrected chi connectivity index (χ2v) is 13.9. The van der Waals surface area contributed by atoms with E-state index in [1.807, 2.05) is 24.3 Å². The van der Waals surface area contributed by atoms with Gasteiger partial charge in [0.15, 0.2) is 0 Å². The van der Waals surface area contributed by atoms with Crippen molar-refractivity contribution in [2.75, 3.05) is 19.5 Å². The maximum absolute atomic E-state index is 13.4. The molecule has 2 aromatic carbocycles. The molecular weight excluding hydrogens is 438 g/mol. The molecule has 1 heterocycles. The molecule has 1 atom stereocenters. The SMILES string of the molecule is COc1ccc(C(C(=O)Nc2ccc([Si](C)(C)C)cc2)N(C)C(=O)c2[nH]c(=O)oc2C)cc1. The number of nitrogens with one attached hydrogen (secondary N) is 2. The molecule has 0 radical (unpaired) electrons. The number of oxazole rings is 1. The van der Waals surface area contributed by atoms with Crippen LogP contribution in [0, 0.1) is 6.92 Å². The van der Waals surface area contributed by atoms with Gasteiger partial charge in [-0.1, -0.05) is 49.1 Å². The van der Waals surface area contributed by atoms with Gasteiger partial charge in [-0.05, 0) is 36.8 Å². The van der Waals surface area contributed by atoms with E-state index in [0.717, 1.165) is 0 Å². The Morgan fingerprint density at radius 1 is 1.06 bits per heavy atom. The van der Waals surface area contributed by atoms with Crippen LogP contribution in [-0.2, 0) is 4.79 Å². The third-order valence-electron chi connectivity index (χ3n) is 5.44. The van der Waals surface area contributed by atoms with Crippen LogP contribution < -0.4 is 21.0 Å². The molecule has 1 unspecified atom stereocenters. The fourth-order valence-corrected chi connectivity index (χ4v) is 4.67. The molecule has 0 aliphatic carbocycles. The number of aryl methyl sites for hydroxylation is 1. The lowest BCUT2D eigenvalue weighted by molar-refractivity contribution is -0.120. The summed E-state index contributed by atoms with van der Waals surface area (Å²) < 4.78 is 10.1. The molecule has 3 aromatic rings. The minimum absolute atomic E-state index is 0.00769. The van der Waals surface area contributed by atoms with Gasteiger partial charge in [0.2, 0.25) is 0 Å². The van der Waals surface area contributed by atoms with Gasteiger partial charge in [0.05, 0.1) is 15.2 Å². The number of methoxy groups -OCH3 is 1. The van der Waals surface area contributed by atoms with Crippen LogP contribution in [-0.4, -0.2) is 43.9 Å². The number of aromatic nitrogens is 1. The number of carbonyl (C=O) groups excluding carboxylic acids is 2. The summed E-state index contributed by atoms with van der Waals surface area (Å²) in [5.74, 6) is -0.864. The normalized spacial score (nSPS) is 12.2. The fourth-order valence-electron chi connectivity index (χ4n) is 3.50. The summed E-state index contributed by atoms with van der Waals surface area (Å²) in [5.41, 5.74) is 1.23. The number of likely N-dealkylation sites (N-methyl/N-ethyl adjacent to an activating group) is 1. The lowest BCUT2D eigenvalue weighted by Crippen LogP contribution is -2.39. The van der Waals surface area contributed by atoms with Crippen molar-refractivity contribution in [3.8, 4) is 5.75 Å². The number of hydrogen-bond acceptors (Lipinski definition) is 5. The smallest absolute Gasteiger partial charge is 0.417 e. The minimum atomic E-state index is -1.47. The van der Waals surface area contributed by atoms with Crippen LogP contribution in [0.15, 0.2) is 57.7 Å². The number of hydrogen-bond donors (Lipinski definition) is 2. The number of anilines is 1. The van der Waals surface area contributed by atoms with Gasteiger partial charge in [0.1, 0.15) is 23.2 Å². The van der Waals surface area contributed by atoms with Gasteiger partial charge in [-0.25, -0.2) is 4.79 Å². The highest BCUT2D eigenvalue weighted by atomic mass is 28.3. The summed E-state index contributed by atoms with van der Waals surface area (Å²) in [6, 6.07) is 13.7. The first-order chi connectivity index (χ1) is 15.5. The highest BCUT2D eigenvalue weighted by molar-refractivity contribution is 6.88. The standard InChI is InChI=1S/C24H29N3O5Si/c1-15-20(26-24(30)32-15)23(29)27(2)21(16-7-11-18(31-3)12-8-16)22(28)25-17-9-13-19(14-10-17)33(4,5)6/h7-14,21H,1-6H3,(H,25,28)(H,26,30). The maximum atomic E-state index is 13.4. The summed E-state index contributed by atoms with van der Waals surface area (Å²) in [7, 11) is 1.59. The Hall–Kier alpha value is -3.59. The fraction of sp³-hybridized carbons (Fsp3) is 0.292. The zero-order valence-corrected chi connectivity index (χ0v) is 20.7. The van der Waals surface area contributed by atoms with Crippen molar-refractivity contribution < 1.29 is 18.7 Å². The van der Waals surface area contributed by atoms with Gasteiger partial charge < -0.3 is 19.4 Å². The van der Waals surface area contributed by atoms with Crippen molar-refractivity contribution in [2.45, 2.75) is 32.6 Å². The lowest BCUT2D eigenvalue weighted by Gasteiger charge is -2.27. The number of rotatable bonds is 7. The van der Waals surface area contributed by atoms with Crippen molar-refractivity contribution >= 4 is 30.8 Å². The minimum Gasteiger partial charge on any atom is -0.497 e. The van der Waals surface area contributed by atoms with Gasteiger partial charge in [-0.3, -0.25) is 14.6 Å². The van der Waals surface area contributed by atoms with Gasteiger partial charge >= 0.3 is 5.76 Å². The molecule has 0 saturated heterocycles. The van der Waals surface area contributed by atoms with Crippen LogP contribution in [0.3, 0.4) is 0 Å². The van der Waals surface area contributed by atoms with Gasteiger partial charge in [0.25, 0.3) is 11.8 Å². The van der Waals surface area contributed by atoms with Crippen LogP contribution >= 0.6 is 0 Å². The third-order valence-corrected chi connectivity index (χ3v) is 7.51. The number of amides is 2. The lowest BCUT2D eigenvalue weighted by atomic mass is 10.0. The van der Waals surface area contributed by atoms with Crippen molar-refractivity contribution in [3.05, 3.63) is 76.1 Å². The van der Waals surface area contributed by atoms with Crippen molar-refractivity contribution in [3.63, 3.8) is 0 Å². The Balaban J connectivity index is 1.93. The molecule has 8 nitrogen and oxygen atoms in total. The number of carbonyl (C=O) groups is 2. The summed E-state index contributed by atoms with van der Waals surface area (Å²) in [6.07, 6.45) is 0. The van der Waals surface area contributed by atoms with E-state index in [0.29, 0.717) is 17.0 Å². The Morgan fingerprint density at radius 3 is 2.15 bits per heavy atom. The van der Waals surface area contributed by atoms with Crippen LogP contribution in [0.2, 0.25) is 19.6 Å². The number of benzene rings is 2. The molecule has 0 aliphatic rings. The van der Waals surface area contributed by atoms with E-state index in [1.165, 1.54) is 24.1 Å². The summed E-state index contributed by atoms with van der Waals surface area (Å²) in [4.78, 5) is 41.7. The molecule has 1 aromatic heterocycles. The van der Waals surface area contributed by atoms with E-state index >= 15 is 0 Å². The van der Waals surface area contributed by atoms with Crippen LogP contribution in [0.4, 0.5) is 5.69 Å². The number of aromatic amines is 1. The molecule has 0 aliphatic heterocycles. The molecule has 9 heteroatoms. The Bertz CT molecular complexity index is 1190.